The van der Waals surface area contributed by atoms with E-state index in [1.807, 2.05) is 30.3 Å². The standard InChI is InChI=1S/C19H20NO5.Ir/c1-23-16-10-8-15(9-11-16)18(20-13-21)25-17(19(22)24-2)12-14-6-4-3-5-7-14;/h3-11,17-18H,12H2,1-2H3,(H,20,21);/q-1;. The molecule has 0 bridgehead atoms. The van der Waals surface area contributed by atoms with Crippen molar-refractivity contribution in [2.24, 2.45) is 0 Å². The first-order chi connectivity index (χ1) is 12.2. The summed E-state index contributed by atoms with van der Waals surface area (Å²) < 4.78 is 15.8. The van der Waals surface area contributed by atoms with Crippen molar-refractivity contribution in [3.8, 4) is 5.75 Å². The number of carbonyl (C=O) groups is 1. The fourth-order valence-electron chi connectivity index (χ4n) is 2.34. The van der Waals surface area contributed by atoms with Gasteiger partial charge in [-0.15, -0.1) is 0 Å². The molecule has 2 rings (SSSR count). The van der Waals surface area contributed by atoms with Gasteiger partial charge in [-0.3, -0.25) is 0 Å². The molecule has 0 saturated carbocycles. The molecule has 6 nitrogen and oxygen atoms in total. The molecular weight excluding hydrogens is 514 g/mol. The van der Waals surface area contributed by atoms with E-state index in [0.717, 1.165) is 5.56 Å². The van der Waals surface area contributed by atoms with E-state index >= 15 is 0 Å². The van der Waals surface area contributed by atoms with Gasteiger partial charge in [0.1, 0.15) is 12.0 Å². The first kappa shape index (κ1) is 21.8. The SMILES string of the molecule is COC(=O)C(Cc1ccccc1)OC(N[C-]=O)c1ccc(OC)cc1.[Ir]. The Morgan fingerprint density at radius 3 is 2.27 bits per heavy atom. The van der Waals surface area contributed by atoms with E-state index in [9.17, 15) is 9.59 Å². The number of methoxy groups -OCH3 is 2. The van der Waals surface area contributed by atoms with Gasteiger partial charge in [0, 0.05) is 26.5 Å². The molecule has 0 fully saturated rings. The van der Waals surface area contributed by atoms with Crippen LogP contribution in [-0.2, 0) is 45.6 Å². The van der Waals surface area contributed by atoms with Crippen LogP contribution in [0.3, 0.4) is 0 Å². The Morgan fingerprint density at radius 2 is 1.73 bits per heavy atom. The van der Waals surface area contributed by atoms with Crippen LogP contribution in [0.25, 0.3) is 0 Å². The summed E-state index contributed by atoms with van der Waals surface area (Å²) in [5, 5.41) is 2.46. The minimum atomic E-state index is -0.875. The monoisotopic (exact) mass is 535 g/mol. The van der Waals surface area contributed by atoms with Crippen LogP contribution in [0, 0.1) is 0 Å². The summed E-state index contributed by atoms with van der Waals surface area (Å²) in [6, 6.07) is 16.4. The second-order valence-electron chi connectivity index (χ2n) is 5.24. The molecule has 0 heterocycles. The summed E-state index contributed by atoms with van der Waals surface area (Å²) in [5.41, 5.74) is 1.58. The van der Waals surface area contributed by atoms with Crippen molar-refractivity contribution in [1.29, 1.82) is 0 Å². The zero-order chi connectivity index (χ0) is 18.1. The van der Waals surface area contributed by atoms with Crippen LogP contribution in [0.15, 0.2) is 54.6 Å². The van der Waals surface area contributed by atoms with E-state index in [1.165, 1.54) is 7.11 Å². The van der Waals surface area contributed by atoms with Crippen molar-refractivity contribution >= 4 is 12.4 Å². The number of benzene rings is 2. The van der Waals surface area contributed by atoms with Crippen molar-refractivity contribution in [2.75, 3.05) is 14.2 Å². The third kappa shape index (κ3) is 6.26. The number of carbonyl (C=O) groups excluding carboxylic acids is 2. The Hall–Kier alpha value is -2.21. The molecule has 2 aromatic carbocycles. The molecule has 141 valence electrons. The fraction of sp³-hybridized carbons (Fsp3) is 0.263. The van der Waals surface area contributed by atoms with Gasteiger partial charge in [0.2, 0.25) is 0 Å². The first-order valence-corrected chi connectivity index (χ1v) is 7.71. The molecule has 0 aliphatic carbocycles. The fourth-order valence-corrected chi connectivity index (χ4v) is 2.34. The Balaban J connectivity index is 0.00000338. The normalized spacial score (nSPS) is 12.2. The predicted octanol–water partition coefficient (Wildman–Crippen LogP) is 2.15. The molecular formula is C19H20IrNO5-. The van der Waals surface area contributed by atoms with Gasteiger partial charge in [0.05, 0.1) is 14.2 Å². The number of rotatable bonds is 9. The van der Waals surface area contributed by atoms with E-state index in [-0.39, 0.29) is 20.1 Å². The van der Waals surface area contributed by atoms with Crippen molar-refractivity contribution in [3.05, 3.63) is 65.7 Å². The van der Waals surface area contributed by atoms with Gasteiger partial charge in [-0.05, 0) is 23.3 Å². The van der Waals surface area contributed by atoms with Gasteiger partial charge in [0.25, 0.3) is 0 Å². The van der Waals surface area contributed by atoms with E-state index < -0.39 is 18.3 Å². The van der Waals surface area contributed by atoms with Crippen molar-refractivity contribution in [2.45, 2.75) is 18.8 Å². The Morgan fingerprint density at radius 1 is 1.08 bits per heavy atom. The molecule has 7 heteroatoms. The molecule has 26 heavy (non-hydrogen) atoms. The molecule has 0 saturated heterocycles. The van der Waals surface area contributed by atoms with Crippen molar-refractivity contribution in [3.63, 3.8) is 0 Å². The van der Waals surface area contributed by atoms with E-state index in [0.29, 0.717) is 17.7 Å². The minimum Gasteiger partial charge on any atom is -0.520 e. The molecule has 2 atom stereocenters. The van der Waals surface area contributed by atoms with Gasteiger partial charge in [-0.1, -0.05) is 42.5 Å². The van der Waals surface area contributed by atoms with E-state index in [1.54, 1.807) is 37.8 Å². The quantitative estimate of drug-likeness (QED) is 0.231. The van der Waals surface area contributed by atoms with Gasteiger partial charge in [0.15, 0.2) is 6.10 Å². The molecule has 0 aromatic heterocycles. The molecule has 2 aromatic rings. The zero-order valence-corrected chi connectivity index (χ0v) is 16.8. The Bertz CT molecular complexity index is 678. The number of nitrogens with one attached hydrogen (secondary N) is 1. The first-order valence-electron chi connectivity index (χ1n) is 7.71. The summed E-state index contributed by atoms with van der Waals surface area (Å²) in [7, 11) is 2.86. The average Bonchev–Trinajstić information content (AvgIpc) is 2.67. The molecule has 1 N–H and O–H groups in total. The maximum absolute atomic E-state index is 12.1. The Labute approximate surface area is 166 Å². The van der Waals surface area contributed by atoms with Crippen LogP contribution < -0.4 is 10.1 Å². The van der Waals surface area contributed by atoms with Crippen LogP contribution in [0.5, 0.6) is 5.75 Å². The van der Waals surface area contributed by atoms with Crippen LogP contribution >= 0.6 is 0 Å². The topological polar surface area (TPSA) is 73.9 Å². The van der Waals surface area contributed by atoms with Crippen LogP contribution in [0.2, 0.25) is 0 Å². The summed E-state index contributed by atoms with van der Waals surface area (Å²) in [6.07, 6.45) is 0.221. The van der Waals surface area contributed by atoms with Crippen LogP contribution in [0.1, 0.15) is 17.4 Å². The minimum absolute atomic E-state index is 0. The number of ether oxygens (including phenoxy) is 3. The van der Waals surface area contributed by atoms with Crippen LogP contribution in [0.4, 0.5) is 0 Å². The van der Waals surface area contributed by atoms with Crippen LogP contribution in [-0.4, -0.2) is 32.7 Å². The molecule has 0 aliphatic rings. The van der Waals surface area contributed by atoms with E-state index in [2.05, 4.69) is 5.32 Å². The third-order valence-electron chi connectivity index (χ3n) is 3.64. The van der Waals surface area contributed by atoms with Gasteiger partial charge < -0.3 is 24.3 Å². The summed E-state index contributed by atoms with van der Waals surface area (Å²) in [5.74, 6) is 0.154. The van der Waals surface area contributed by atoms with E-state index in [4.69, 9.17) is 14.2 Å². The maximum atomic E-state index is 12.1. The number of amides is 1. The predicted molar refractivity (Wildman–Crippen MR) is 91.6 cm³/mol. The van der Waals surface area contributed by atoms with Gasteiger partial charge in [-0.2, -0.15) is 6.41 Å². The van der Waals surface area contributed by atoms with Gasteiger partial charge >= 0.3 is 5.97 Å². The zero-order valence-electron chi connectivity index (χ0n) is 14.4. The third-order valence-corrected chi connectivity index (χ3v) is 3.64. The molecule has 1 amide bonds. The molecule has 0 aliphatic heterocycles. The average molecular weight is 535 g/mol. The van der Waals surface area contributed by atoms with Gasteiger partial charge in [-0.25, -0.2) is 4.79 Å². The molecule has 1 radical (unpaired) electrons. The smallest absolute Gasteiger partial charge is 0.335 e. The summed E-state index contributed by atoms with van der Waals surface area (Å²) >= 11 is 0. The molecule has 2 unspecified atom stereocenters. The Kier molecular flexibility index (Phi) is 9.58. The molecule has 0 spiro atoms. The second kappa shape index (κ2) is 11.4. The number of esters is 1. The largest absolute Gasteiger partial charge is 0.520 e. The summed E-state index contributed by atoms with van der Waals surface area (Å²) in [4.78, 5) is 22.9. The number of hydrogen-bond acceptors (Lipinski definition) is 5. The second-order valence-corrected chi connectivity index (χ2v) is 5.24. The summed E-state index contributed by atoms with van der Waals surface area (Å²) in [6.45, 7) is 0. The van der Waals surface area contributed by atoms with Crippen molar-refractivity contribution in [1.82, 2.24) is 5.32 Å². The van der Waals surface area contributed by atoms with Crippen molar-refractivity contribution < 1.29 is 43.9 Å². The number of hydrogen-bond donors (Lipinski definition) is 1. The maximum Gasteiger partial charge on any atom is 0.335 e.